The normalized spacial score (nSPS) is 11.2. The van der Waals surface area contributed by atoms with Crippen molar-refractivity contribution in [2.24, 2.45) is 0 Å². The number of nitrogens with one attached hydrogen (secondary N) is 1. The van der Waals surface area contributed by atoms with Gasteiger partial charge in [0.2, 0.25) is 0 Å². The van der Waals surface area contributed by atoms with E-state index >= 15 is 0 Å². The van der Waals surface area contributed by atoms with Gasteiger partial charge in [-0.15, -0.1) is 0 Å². The summed E-state index contributed by atoms with van der Waals surface area (Å²) in [6, 6.07) is 8.54. The molecule has 0 aliphatic carbocycles. The van der Waals surface area contributed by atoms with Crippen molar-refractivity contribution in [1.29, 1.82) is 0 Å². The van der Waals surface area contributed by atoms with E-state index in [0.29, 0.717) is 16.9 Å². The summed E-state index contributed by atoms with van der Waals surface area (Å²) in [7, 11) is 0. The molecule has 1 aromatic carbocycles. The van der Waals surface area contributed by atoms with Crippen LogP contribution < -0.4 is 5.32 Å². The lowest BCUT2D eigenvalue weighted by molar-refractivity contribution is -0.137. The number of nitrogens with zero attached hydrogens (tertiary/aromatic N) is 1. The summed E-state index contributed by atoms with van der Waals surface area (Å²) in [4.78, 5) is 14.4. The number of pyridine rings is 1. The molecule has 0 saturated carbocycles. The van der Waals surface area contributed by atoms with Crippen molar-refractivity contribution < 1.29 is 18.0 Å². The molecule has 1 N–H and O–H groups in total. The van der Waals surface area contributed by atoms with Crippen LogP contribution in [0.1, 0.15) is 21.6 Å². The molecule has 0 atom stereocenters. The SMILES string of the molecule is O=Cc1ccc(NCc2cc(C(F)(F)F)ccn2)cc1. The lowest BCUT2D eigenvalue weighted by Gasteiger charge is -2.09. The van der Waals surface area contributed by atoms with Gasteiger partial charge >= 0.3 is 6.18 Å². The average Bonchev–Trinajstić information content (AvgIpc) is 2.45. The van der Waals surface area contributed by atoms with Gasteiger partial charge in [-0.2, -0.15) is 13.2 Å². The van der Waals surface area contributed by atoms with E-state index in [4.69, 9.17) is 0 Å². The maximum atomic E-state index is 12.5. The molecule has 3 nitrogen and oxygen atoms in total. The maximum Gasteiger partial charge on any atom is 0.416 e. The zero-order chi connectivity index (χ0) is 14.6. The minimum atomic E-state index is -4.37. The van der Waals surface area contributed by atoms with Crippen molar-refractivity contribution in [1.82, 2.24) is 4.98 Å². The smallest absolute Gasteiger partial charge is 0.379 e. The highest BCUT2D eigenvalue weighted by Gasteiger charge is 2.30. The van der Waals surface area contributed by atoms with Gasteiger partial charge in [-0.05, 0) is 36.4 Å². The quantitative estimate of drug-likeness (QED) is 0.871. The fourth-order valence-corrected chi connectivity index (χ4v) is 1.62. The third-order valence-electron chi connectivity index (χ3n) is 2.66. The number of carbonyl (C=O) groups excluding carboxylic acids is 1. The van der Waals surface area contributed by atoms with Crippen LogP contribution in [0.2, 0.25) is 0 Å². The van der Waals surface area contributed by atoms with Crippen molar-refractivity contribution in [3.63, 3.8) is 0 Å². The van der Waals surface area contributed by atoms with Crippen LogP contribution in [0.15, 0.2) is 42.6 Å². The van der Waals surface area contributed by atoms with Crippen LogP contribution in [-0.2, 0) is 12.7 Å². The van der Waals surface area contributed by atoms with Crippen molar-refractivity contribution in [3.8, 4) is 0 Å². The number of rotatable bonds is 4. The van der Waals surface area contributed by atoms with E-state index in [1.54, 1.807) is 24.3 Å². The van der Waals surface area contributed by atoms with Crippen LogP contribution in [0.25, 0.3) is 0 Å². The van der Waals surface area contributed by atoms with Crippen LogP contribution in [0.4, 0.5) is 18.9 Å². The first-order valence-corrected chi connectivity index (χ1v) is 5.80. The molecule has 0 fully saturated rings. The summed E-state index contributed by atoms with van der Waals surface area (Å²) < 4.78 is 37.6. The summed E-state index contributed by atoms with van der Waals surface area (Å²) >= 11 is 0. The first-order chi connectivity index (χ1) is 9.49. The molecule has 2 aromatic rings. The number of aldehydes is 1. The standard InChI is InChI=1S/C14H11F3N2O/c15-14(16,17)11-5-6-18-13(7-11)8-19-12-3-1-10(9-20)2-4-12/h1-7,9,19H,8H2. The highest BCUT2D eigenvalue weighted by atomic mass is 19.4. The molecule has 0 aliphatic heterocycles. The first-order valence-electron chi connectivity index (χ1n) is 5.80. The van der Waals surface area contributed by atoms with Gasteiger partial charge < -0.3 is 5.32 Å². The van der Waals surface area contributed by atoms with Crippen LogP contribution in [0.5, 0.6) is 0 Å². The molecule has 0 unspecified atom stereocenters. The highest BCUT2D eigenvalue weighted by molar-refractivity contribution is 5.75. The second-order valence-corrected chi connectivity index (χ2v) is 4.13. The van der Waals surface area contributed by atoms with E-state index in [-0.39, 0.29) is 6.54 Å². The lowest BCUT2D eigenvalue weighted by atomic mass is 10.2. The van der Waals surface area contributed by atoms with Crippen LogP contribution in [-0.4, -0.2) is 11.3 Å². The third-order valence-corrected chi connectivity index (χ3v) is 2.66. The molecular formula is C14H11F3N2O. The molecule has 1 aromatic heterocycles. The molecule has 6 heteroatoms. The Bertz CT molecular complexity index is 594. The van der Waals surface area contributed by atoms with E-state index in [2.05, 4.69) is 10.3 Å². The molecule has 0 radical (unpaired) electrons. The molecule has 0 spiro atoms. The first kappa shape index (κ1) is 14.0. The topological polar surface area (TPSA) is 42.0 Å². The molecule has 0 aliphatic rings. The predicted octanol–water partition coefficient (Wildman–Crippen LogP) is 3.53. The molecule has 0 saturated heterocycles. The largest absolute Gasteiger partial charge is 0.416 e. The molecule has 104 valence electrons. The Labute approximate surface area is 113 Å². The van der Waals surface area contributed by atoms with E-state index in [1.807, 2.05) is 0 Å². The summed E-state index contributed by atoms with van der Waals surface area (Å²) in [6.45, 7) is 0.171. The van der Waals surface area contributed by atoms with E-state index in [9.17, 15) is 18.0 Å². The van der Waals surface area contributed by atoms with Gasteiger partial charge in [-0.25, -0.2) is 0 Å². The summed E-state index contributed by atoms with van der Waals surface area (Å²) in [5, 5.41) is 2.95. The molecule has 1 heterocycles. The second kappa shape index (κ2) is 5.73. The second-order valence-electron chi connectivity index (χ2n) is 4.13. The van der Waals surface area contributed by atoms with E-state index < -0.39 is 11.7 Å². The average molecular weight is 280 g/mol. The minimum absolute atomic E-state index is 0.171. The molecule has 2 rings (SSSR count). The Morgan fingerprint density at radius 2 is 1.85 bits per heavy atom. The monoisotopic (exact) mass is 280 g/mol. The van der Waals surface area contributed by atoms with Gasteiger partial charge in [0, 0.05) is 17.4 Å². The summed E-state index contributed by atoms with van der Waals surface area (Å²) in [5.41, 5.74) is 0.808. The maximum absolute atomic E-state index is 12.5. The number of hydrogen-bond acceptors (Lipinski definition) is 3. The minimum Gasteiger partial charge on any atom is -0.379 e. The van der Waals surface area contributed by atoms with Gasteiger partial charge in [-0.3, -0.25) is 9.78 Å². The van der Waals surface area contributed by atoms with Crippen molar-refractivity contribution in [3.05, 3.63) is 59.4 Å². The third kappa shape index (κ3) is 3.57. The van der Waals surface area contributed by atoms with Crippen LogP contribution >= 0.6 is 0 Å². The summed E-state index contributed by atoms with van der Waals surface area (Å²) in [5.74, 6) is 0. The van der Waals surface area contributed by atoms with Gasteiger partial charge in [0.05, 0.1) is 17.8 Å². The number of aromatic nitrogens is 1. The molecular weight excluding hydrogens is 269 g/mol. The Morgan fingerprint density at radius 3 is 2.45 bits per heavy atom. The highest BCUT2D eigenvalue weighted by Crippen LogP contribution is 2.29. The van der Waals surface area contributed by atoms with Gasteiger partial charge in [-0.1, -0.05) is 0 Å². The van der Waals surface area contributed by atoms with E-state index in [0.717, 1.165) is 24.6 Å². The summed E-state index contributed by atoms with van der Waals surface area (Å²) in [6.07, 6.45) is -2.52. The van der Waals surface area contributed by atoms with E-state index in [1.165, 1.54) is 0 Å². The van der Waals surface area contributed by atoms with Gasteiger partial charge in [0.15, 0.2) is 0 Å². The van der Waals surface area contributed by atoms with Crippen molar-refractivity contribution >= 4 is 12.0 Å². The Hall–Kier alpha value is -2.37. The number of alkyl halides is 3. The number of anilines is 1. The fourth-order valence-electron chi connectivity index (χ4n) is 1.62. The fraction of sp³-hybridized carbons (Fsp3) is 0.143. The predicted molar refractivity (Wildman–Crippen MR) is 68.4 cm³/mol. The number of hydrogen-bond donors (Lipinski definition) is 1. The van der Waals surface area contributed by atoms with Crippen LogP contribution in [0, 0.1) is 0 Å². The zero-order valence-electron chi connectivity index (χ0n) is 10.3. The lowest BCUT2D eigenvalue weighted by Crippen LogP contribution is -2.08. The van der Waals surface area contributed by atoms with Crippen molar-refractivity contribution in [2.45, 2.75) is 12.7 Å². The molecule has 0 amide bonds. The molecule has 0 bridgehead atoms. The number of benzene rings is 1. The van der Waals surface area contributed by atoms with Crippen LogP contribution in [0.3, 0.4) is 0 Å². The number of halogens is 3. The number of carbonyl (C=O) groups is 1. The Kier molecular flexibility index (Phi) is 4.02. The van der Waals surface area contributed by atoms with Crippen molar-refractivity contribution in [2.75, 3.05) is 5.32 Å². The zero-order valence-corrected chi connectivity index (χ0v) is 10.3. The molecule has 20 heavy (non-hydrogen) atoms. The Morgan fingerprint density at radius 1 is 1.15 bits per heavy atom. The van der Waals surface area contributed by atoms with Gasteiger partial charge in [0.25, 0.3) is 0 Å². The van der Waals surface area contributed by atoms with Gasteiger partial charge in [0.1, 0.15) is 6.29 Å². The Balaban J connectivity index is 2.05.